The summed E-state index contributed by atoms with van der Waals surface area (Å²) in [5.74, 6) is -1.40. The fourth-order valence-electron chi connectivity index (χ4n) is 3.99. The van der Waals surface area contributed by atoms with Crippen LogP contribution in [-0.4, -0.2) is 22.4 Å². The third-order valence-electron chi connectivity index (χ3n) is 5.55. The zero-order valence-corrected chi connectivity index (χ0v) is 17.5. The number of rotatable bonds is 5. The average molecular weight is 465 g/mol. The SMILES string of the molecule is O=Nc1c(O)n(Cc2cc(F)cc3c2OCOC3)c2cc(NC(=O)c3ccc(F)cc3)ccc12. The number of aromatic hydroxyl groups is 1. The molecule has 0 fully saturated rings. The zero-order chi connectivity index (χ0) is 23.8. The molecule has 4 aromatic rings. The molecule has 0 saturated heterocycles. The monoisotopic (exact) mass is 465 g/mol. The number of halogens is 2. The number of nitrogens with one attached hydrogen (secondary N) is 1. The maximum Gasteiger partial charge on any atom is 0.255 e. The molecule has 0 spiro atoms. The van der Waals surface area contributed by atoms with Crippen LogP contribution in [0.1, 0.15) is 21.5 Å². The van der Waals surface area contributed by atoms with Gasteiger partial charge in [-0.25, -0.2) is 8.78 Å². The fraction of sp³-hybridized carbons (Fsp3) is 0.125. The van der Waals surface area contributed by atoms with Crippen LogP contribution in [0.25, 0.3) is 10.9 Å². The van der Waals surface area contributed by atoms with Crippen LogP contribution in [0.4, 0.5) is 20.2 Å². The van der Waals surface area contributed by atoms with Gasteiger partial charge < -0.3 is 24.5 Å². The summed E-state index contributed by atoms with van der Waals surface area (Å²) in [6.07, 6.45) is 0. The van der Waals surface area contributed by atoms with Crippen molar-refractivity contribution in [3.63, 3.8) is 0 Å². The van der Waals surface area contributed by atoms with E-state index >= 15 is 0 Å². The summed E-state index contributed by atoms with van der Waals surface area (Å²) in [6, 6.07) is 12.3. The molecule has 172 valence electrons. The van der Waals surface area contributed by atoms with Gasteiger partial charge >= 0.3 is 0 Å². The molecule has 3 aromatic carbocycles. The van der Waals surface area contributed by atoms with Crippen LogP contribution >= 0.6 is 0 Å². The Hall–Kier alpha value is -4.31. The Balaban J connectivity index is 1.55. The summed E-state index contributed by atoms with van der Waals surface area (Å²) < 4.78 is 39.5. The van der Waals surface area contributed by atoms with Crippen molar-refractivity contribution in [2.75, 3.05) is 12.1 Å². The Bertz CT molecular complexity index is 1430. The van der Waals surface area contributed by atoms with Crippen LogP contribution in [-0.2, 0) is 17.9 Å². The average Bonchev–Trinajstić information content (AvgIpc) is 3.09. The van der Waals surface area contributed by atoms with Crippen molar-refractivity contribution in [1.29, 1.82) is 0 Å². The predicted octanol–water partition coefficient (Wildman–Crippen LogP) is 5.19. The second kappa shape index (κ2) is 8.56. The van der Waals surface area contributed by atoms with Crippen LogP contribution in [0.15, 0.2) is 59.8 Å². The quantitative estimate of drug-likeness (QED) is 0.395. The van der Waals surface area contributed by atoms with E-state index in [9.17, 15) is 23.6 Å². The minimum Gasteiger partial charge on any atom is -0.493 e. The highest BCUT2D eigenvalue weighted by Gasteiger charge is 2.22. The van der Waals surface area contributed by atoms with Gasteiger partial charge in [0.15, 0.2) is 12.5 Å². The van der Waals surface area contributed by atoms with E-state index in [1.807, 2.05) is 0 Å². The van der Waals surface area contributed by atoms with Crippen LogP contribution < -0.4 is 10.1 Å². The molecule has 8 nitrogen and oxygen atoms in total. The minimum absolute atomic E-state index is 0.00471. The number of anilines is 1. The van der Waals surface area contributed by atoms with E-state index in [0.29, 0.717) is 33.5 Å². The molecule has 1 amide bonds. The lowest BCUT2D eigenvalue weighted by Crippen LogP contribution is -2.15. The lowest BCUT2D eigenvalue weighted by atomic mass is 10.1. The first kappa shape index (κ1) is 21.5. The summed E-state index contributed by atoms with van der Waals surface area (Å²) >= 11 is 0. The number of hydrogen-bond acceptors (Lipinski definition) is 6. The smallest absolute Gasteiger partial charge is 0.255 e. The second-order valence-electron chi connectivity index (χ2n) is 7.71. The first-order valence-electron chi connectivity index (χ1n) is 10.2. The largest absolute Gasteiger partial charge is 0.493 e. The van der Waals surface area contributed by atoms with E-state index in [0.717, 1.165) is 0 Å². The van der Waals surface area contributed by atoms with Crippen LogP contribution in [0, 0.1) is 16.5 Å². The van der Waals surface area contributed by atoms with Gasteiger partial charge in [-0.05, 0) is 59.8 Å². The van der Waals surface area contributed by atoms with Crippen molar-refractivity contribution in [3.05, 3.63) is 87.8 Å². The molecular formula is C24H17F2N3O5. The van der Waals surface area contributed by atoms with Crippen molar-refractivity contribution < 1.29 is 28.2 Å². The van der Waals surface area contributed by atoms with Crippen LogP contribution in [0.5, 0.6) is 11.6 Å². The first-order chi connectivity index (χ1) is 16.4. The third kappa shape index (κ3) is 3.84. The number of benzene rings is 3. The van der Waals surface area contributed by atoms with Gasteiger partial charge in [-0.1, -0.05) is 0 Å². The number of ether oxygens (including phenoxy) is 2. The Kier molecular flexibility index (Phi) is 5.42. The summed E-state index contributed by atoms with van der Waals surface area (Å²) in [4.78, 5) is 24.0. The molecule has 0 bridgehead atoms. The van der Waals surface area contributed by atoms with Crippen molar-refractivity contribution in [1.82, 2.24) is 4.57 Å². The van der Waals surface area contributed by atoms with Crippen LogP contribution in [0.3, 0.4) is 0 Å². The first-order valence-corrected chi connectivity index (χ1v) is 10.2. The molecule has 0 atom stereocenters. The molecule has 2 N–H and O–H groups in total. The summed E-state index contributed by atoms with van der Waals surface area (Å²) in [5.41, 5.74) is 1.78. The molecule has 0 saturated carbocycles. The number of carbonyl (C=O) groups is 1. The van der Waals surface area contributed by atoms with Gasteiger partial charge in [-0.3, -0.25) is 4.79 Å². The fourth-order valence-corrected chi connectivity index (χ4v) is 3.99. The Morgan fingerprint density at radius 2 is 1.88 bits per heavy atom. The number of fused-ring (bicyclic) bond motifs is 2. The van der Waals surface area contributed by atoms with E-state index in [1.54, 1.807) is 12.1 Å². The van der Waals surface area contributed by atoms with E-state index in [-0.39, 0.29) is 31.2 Å². The lowest BCUT2D eigenvalue weighted by Gasteiger charge is -2.21. The Morgan fingerprint density at radius 1 is 1.09 bits per heavy atom. The number of hydrogen-bond donors (Lipinski definition) is 2. The number of amides is 1. The Morgan fingerprint density at radius 3 is 2.65 bits per heavy atom. The molecule has 10 heteroatoms. The third-order valence-corrected chi connectivity index (χ3v) is 5.55. The maximum atomic E-state index is 14.2. The number of aromatic nitrogens is 1. The van der Waals surface area contributed by atoms with Gasteiger partial charge in [0.1, 0.15) is 17.4 Å². The highest BCUT2D eigenvalue weighted by molar-refractivity contribution is 6.06. The highest BCUT2D eigenvalue weighted by atomic mass is 19.1. The van der Waals surface area contributed by atoms with Crippen molar-refractivity contribution in [2.45, 2.75) is 13.2 Å². The number of nitrogens with zero attached hydrogens (tertiary/aromatic N) is 2. The lowest BCUT2D eigenvalue weighted by molar-refractivity contribution is -0.0173. The standard InChI is InChI=1S/C24H17F2N3O5/c25-16-3-1-13(2-4-16)23(30)27-18-5-6-19-20(9-18)29(24(31)21(19)28-32)10-14-7-17(26)8-15-11-33-12-34-22(14)15/h1-9,31H,10-12H2,(H,27,30). The van der Waals surface area contributed by atoms with Crippen LogP contribution in [0.2, 0.25) is 0 Å². The molecule has 5 rings (SSSR count). The van der Waals surface area contributed by atoms with Gasteiger partial charge in [-0.2, -0.15) is 0 Å². The van der Waals surface area contributed by atoms with E-state index in [1.165, 1.54) is 47.0 Å². The van der Waals surface area contributed by atoms with Gasteiger partial charge in [0.2, 0.25) is 5.88 Å². The van der Waals surface area contributed by atoms with Crippen molar-refractivity contribution in [3.8, 4) is 11.6 Å². The van der Waals surface area contributed by atoms with E-state index in [2.05, 4.69) is 10.5 Å². The van der Waals surface area contributed by atoms with Gasteiger partial charge in [0.25, 0.3) is 5.91 Å². The molecule has 0 aliphatic carbocycles. The summed E-state index contributed by atoms with van der Waals surface area (Å²) in [5, 5.41) is 16.7. The maximum absolute atomic E-state index is 14.2. The van der Waals surface area contributed by atoms with E-state index in [4.69, 9.17) is 9.47 Å². The van der Waals surface area contributed by atoms with Crippen molar-refractivity contribution >= 4 is 28.2 Å². The molecule has 1 aliphatic heterocycles. The summed E-state index contributed by atoms with van der Waals surface area (Å²) in [6.45, 7) is 0.150. The molecule has 0 unspecified atom stereocenters. The predicted molar refractivity (Wildman–Crippen MR) is 119 cm³/mol. The van der Waals surface area contributed by atoms with Gasteiger partial charge in [0, 0.05) is 27.8 Å². The summed E-state index contributed by atoms with van der Waals surface area (Å²) in [7, 11) is 0. The molecule has 2 heterocycles. The van der Waals surface area contributed by atoms with Gasteiger partial charge in [0.05, 0.1) is 18.7 Å². The molecule has 34 heavy (non-hydrogen) atoms. The second-order valence-corrected chi connectivity index (χ2v) is 7.71. The molecule has 1 aliphatic rings. The zero-order valence-electron chi connectivity index (χ0n) is 17.5. The molecular weight excluding hydrogens is 448 g/mol. The van der Waals surface area contributed by atoms with Gasteiger partial charge in [-0.15, -0.1) is 4.91 Å². The highest BCUT2D eigenvalue weighted by Crippen LogP contribution is 2.41. The minimum atomic E-state index is -0.500. The Labute approximate surface area is 191 Å². The molecule has 0 radical (unpaired) electrons. The topological polar surface area (TPSA) is 102 Å². The van der Waals surface area contributed by atoms with Crippen molar-refractivity contribution in [2.24, 2.45) is 5.18 Å². The van der Waals surface area contributed by atoms with E-state index < -0.39 is 23.4 Å². The molecule has 1 aromatic heterocycles. The number of nitroso groups, excluding NO2 is 1. The number of carbonyl (C=O) groups excluding carboxylic acids is 1. The normalized spacial score (nSPS) is 12.8.